The lowest BCUT2D eigenvalue weighted by molar-refractivity contribution is -0.143. The molecule has 1 aliphatic rings. The maximum absolute atomic E-state index is 10.7. The SMILES string of the molecule is CCC(CC)C1(CC(=O)O)CCC1. The van der Waals surface area contributed by atoms with Crippen molar-refractivity contribution < 1.29 is 9.90 Å². The minimum atomic E-state index is -0.619. The third kappa shape index (κ3) is 2.04. The smallest absolute Gasteiger partial charge is 0.303 e. The Morgan fingerprint density at radius 3 is 2.15 bits per heavy atom. The highest BCUT2D eigenvalue weighted by Crippen LogP contribution is 2.52. The van der Waals surface area contributed by atoms with E-state index >= 15 is 0 Å². The Labute approximate surface area is 80.3 Å². The van der Waals surface area contributed by atoms with Gasteiger partial charge in [-0.1, -0.05) is 33.1 Å². The molecule has 13 heavy (non-hydrogen) atoms. The Morgan fingerprint density at radius 1 is 1.38 bits per heavy atom. The van der Waals surface area contributed by atoms with Gasteiger partial charge in [0.05, 0.1) is 6.42 Å². The zero-order valence-electron chi connectivity index (χ0n) is 8.68. The molecule has 0 aromatic heterocycles. The zero-order valence-corrected chi connectivity index (χ0v) is 8.68. The molecule has 0 aromatic carbocycles. The van der Waals surface area contributed by atoms with Crippen LogP contribution >= 0.6 is 0 Å². The maximum atomic E-state index is 10.7. The van der Waals surface area contributed by atoms with Crippen LogP contribution in [0.2, 0.25) is 0 Å². The molecule has 0 radical (unpaired) electrons. The highest BCUT2D eigenvalue weighted by atomic mass is 16.4. The molecular weight excluding hydrogens is 164 g/mol. The lowest BCUT2D eigenvalue weighted by atomic mass is 9.58. The fraction of sp³-hybridized carbons (Fsp3) is 0.909. The van der Waals surface area contributed by atoms with E-state index in [1.165, 1.54) is 6.42 Å². The molecule has 0 unspecified atom stereocenters. The summed E-state index contributed by atoms with van der Waals surface area (Å²) in [4.78, 5) is 10.7. The van der Waals surface area contributed by atoms with E-state index in [9.17, 15) is 4.79 Å². The maximum Gasteiger partial charge on any atom is 0.303 e. The van der Waals surface area contributed by atoms with Gasteiger partial charge in [0.1, 0.15) is 0 Å². The Balaban J connectivity index is 2.61. The van der Waals surface area contributed by atoms with Gasteiger partial charge in [-0.05, 0) is 24.2 Å². The van der Waals surface area contributed by atoms with Crippen LogP contribution in [0.3, 0.4) is 0 Å². The van der Waals surface area contributed by atoms with Crippen LogP contribution in [0.4, 0.5) is 0 Å². The molecule has 2 heteroatoms. The van der Waals surface area contributed by atoms with Gasteiger partial charge in [0.2, 0.25) is 0 Å². The number of carbonyl (C=O) groups is 1. The number of carboxylic acids is 1. The van der Waals surface area contributed by atoms with Gasteiger partial charge in [0.15, 0.2) is 0 Å². The van der Waals surface area contributed by atoms with Crippen molar-refractivity contribution in [2.75, 3.05) is 0 Å². The average molecular weight is 184 g/mol. The van der Waals surface area contributed by atoms with Crippen LogP contribution in [0.15, 0.2) is 0 Å². The van der Waals surface area contributed by atoms with Gasteiger partial charge in [-0.25, -0.2) is 0 Å². The van der Waals surface area contributed by atoms with Gasteiger partial charge in [-0.3, -0.25) is 4.79 Å². The molecular formula is C11H20O2. The second-order valence-corrected chi connectivity index (χ2v) is 4.30. The minimum absolute atomic E-state index is 0.162. The molecule has 1 saturated carbocycles. The van der Waals surface area contributed by atoms with Crippen LogP contribution < -0.4 is 0 Å². The third-order valence-electron chi connectivity index (χ3n) is 3.70. The summed E-state index contributed by atoms with van der Waals surface area (Å²) in [5, 5.41) is 8.85. The van der Waals surface area contributed by atoms with E-state index in [0.29, 0.717) is 12.3 Å². The van der Waals surface area contributed by atoms with Crippen LogP contribution in [0, 0.1) is 11.3 Å². The molecule has 76 valence electrons. The first kappa shape index (κ1) is 10.6. The summed E-state index contributed by atoms with van der Waals surface area (Å²) in [6.07, 6.45) is 6.13. The largest absolute Gasteiger partial charge is 0.481 e. The normalized spacial score (nSPS) is 19.9. The predicted molar refractivity (Wildman–Crippen MR) is 52.6 cm³/mol. The van der Waals surface area contributed by atoms with Crippen molar-refractivity contribution in [2.24, 2.45) is 11.3 Å². The lowest BCUT2D eigenvalue weighted by Crippen LogP contribution is -2.39. The summed E-state index contributed by atoms with van der Waals surface area (Å²) in [7, 11) is 0. The quantitative estimate of drug-likeness (QED) is 0.713. The second kappa shape index (κ2) is 4.12. The van der Waals surface area contributed by atoms with Crippen molar-refractivity contribution in [2.45, 2.75) is 52.4 Å². The van der Waals surface area contributed by atoms with Gasteiger partial charge in [-0.15, -0.1) is 0 Å². The van der Waals surface area contributed by atoms with Crippen molar-refractivity contribution in [3.05, 3.63) is 0 Å². The first-order valence-corrected chi connectivity index (χ1v) is 5.36. The number of carboxylic acid groups (broad SMARTS) is 1. The highest BCUT2D eigenvalue weighted by Gasteiger charge is 2.43. The first-order valence-electron chi connectivity index (χ1n) is 5.36. The summed E-state index contributed by atoms with van der Waals surface area (Å²) < 4.78 is 0. The molecule has 0 bridgehead atoms. The molecule has 0 heterocycles. The van der Waals surface area contributed by atoms with E-state index in [-0.39, 0.29) is 5.41 Å². The Morgan fingerprint density at radius 2 is 1.92 bits per heavy atom. The van der Waals surface area contributed by atoms with Gasteiger partial charge in [-0.2, -0.15) is 0 Å². The lowest BCUT2D eigenvalue weighted by Gasteiger charge is -2.46. The van der Waals surface area contributed by atoms with E-state index < -0.39 is 5.97 Å². The summed E-state index contributed by atoms with van der Waals surface area (Å²) in [5.41, 5.74) is 0.162. The van der Waals surface area contributed by atoms with Crippen LogP contribution in [-0.4, -0.2) is 11.1 Å². The van der Waals surface area contributed by atoms with E-state index in [1.807, 2.05) is 0 Å². The van der Waals surface area contributed by atoms with E-state index in [4.69, 9.17) is 5.11 Å². The van der Waals surface area contributed by atoms with Gasteiger partial charge >= 0.3 is 5.97 Å². The summed E-state index contributed by atoms with van der Waals surface area (Å²) in [6.45, 7) is 4.35. The summed E-state index contributed by atoms with van der Waals surface area (Å²) in [5.74, 6) is 0.00366. The zero-order chi connectivity index (χ0) is 9.90. The van der Waals surface area contributed by atoms with Crippen LogP contribution in [0.25, 0.3) is 0 Å². The molecule has 0 aromatic rings. The van der Waals surface area contributed by atoms with Gasteiger partial charge in [0, 0.05) is 0 Å². The molecule has 0 aliphatic heterocycles. The molecule has 1 rings (SSSR count). The van der Waals surface area contributed by atoms with Crippen LogP contribution in [-0.2, 0) is 4.79 Å². The molecule has 0 spiro atoms. The van der Waals surface area contributed by atoms with Gasteiger partial charge < -0.3 is 5.11 Å². The summed E-state index contributed by atoms with van der Waals surface area (Å²) in [6, 6.07) is 0. The molecule has 1 aliphatic carbocycles. The standard InChI is InChI=1S/C11H20O2/c1-3-9(4-2)11(6-5-7-11)8-10(12)13/h9H,3-8H2,1-2H3,(H,12,13). The molecule has 2 nitrogen and oxygen atoms in total. The van der Waals surface area contributed by atoms with Crippen LogP contribution in [0.5, 0.6) is 0 Å². The molecule has 0 saturated heterocycles. The fourth-order valence-corrected chi connectivity index (χ4v) is 2.82. The van der Waals surface area contributed by atoms with Crippen molar-refractivity contribution in [1.29, 1.82) is 0 Å². The molecule has 1 fully saturated rings. The number of rotatable bonds is 5. The first-order chi connectivity index (χ1) is 6.14. The van der Waals surface area contributed by atoms with Crippen molar-refractivity contribution >= 4 is 5.97 Å². The summed E-state index contributed by atoms with van der Waals surface area (Å²) >= 11 is 0. The third-order valence-corrected chi connectivity index (χ3v) is 3.70. The Bertz CT molecular complexity index is 179. The number of hydrogen-bond donors (Lipinski definition) is 1. The number of aliphatic carboxylic acids is 1. The van der Waals surface area contributed by atoms with Crippen molar-refractivity contribution in [1.82, 2.24) is 0 Å². The minimum Gasteiger partial charge on any atom is -0.481 e. The van der Waals surface area contributed by atoms with E-state index in [2.05, 4.69) is 13.8 Å². The second-order valence-electron chi connectivity index (χ2n) is 4.30. The number of hydrogen-bond acceptors (Lipinski definition) is 1. The molecule has 0 atom stereocenters. The van der Waals surface area contributed by atoms with Gasteiger partial charge in [0.25, 0.3) is 0 Å². The van der Waals surface area contributed by atoms with Crippen molar-refractivity contribution in [3.8, 4) is 0 Å². The van der Waals surface area contributed by atoms with E-state index in [0.717, 1.165) is 25.7 Å². The van der Waals surface area contributed by atoms with Crippen molar-refractivity contribution in [3.63, 3.8) is 0 Å². The molecule has 1 N–H and O–H groups in total. The monoisotopic (exact) mass is 184 g/mol. The molecule has 0 amide bonds. The highest BCUT2D eigenvalue weighted by molar-refractivity contribution is 5.68. The average Bonchev–Trinajstić information content (AvgIpc) is 2.01. The van der Waals surface area contributed by atoms with E-state index in [1.54, 1.807) is 0 Å². The Kier molecular flexibility index (Phi) is 3.34. The predicted octanol–water partition coefficient (Wildman–Crippen LogP) is 3.07. The fourth-order valence-electron chi connectivity index (χ4n) is 2.82. The topological polar surface area (TPSA) is 37.3 Å². The van der Waals surface area contributed by atoms with Crippen LogP contribution in [0.1, 0.15) is 52.4 Å². The Hall–Kier alpha value is -0.530.